The molecule has 9 rings (SSSR count). The number of fused-ring (bicyclic) bond motifs is 6. The van der Waals surface area contributed by atoms with Crippen LogP contribution >= 0.6 is 23.5 Å². The highest BCUT2D eigenvalue weighted by molar-refractivity contribution is 6.99. The van der Waals surface area contributed by atoms with E-state index in [-0.39, 0.29) is 35.4 Å². The van der Waals surface area contributed by atoms with Gasteiger partial charge in [-0.15, -0.1) is 8.75 Å². The van der Waals surface area contributed by atoms with E-state index < -0.39 is 24.1 Å². The quantitative estimate of drug-likeness (QED) is 0.181. The molecule has 6 aliphatic rings. The molecule has 16 heteroatoms. The number of aliphatic hydroxyl groups is 1. The molecule has 2 aliphatic carbocycles. The van der Waals surface area contributed by atoms with Gasteiger partial charge >= 0.3 is 11.9 Å². The number of rotatable bonds is 11. The minimum Gasteiger partial charge on any atom is -0.479 e. The zero-order valence-corrected chi connectivity index (χ0v) is 28.6. The number of aliphatic hydroxyl groups excluding tert-OH is 1. The topological polar surface area (TPSA) is 198 Å². The zero-order valence-electron chi connectivity index (χ0n) is 27.0. The Morgan fingerprint density at radius 2 is 1.36 bits per heavy atom. The van der Waals surface area contributed by atoms with Crippen molar-refractivity contribution in [1.29, 1.82) is 0 Å². The van der Waals surface area contributed by atoms with Crippen molar-refractivity contribution in [2.45, 2.75) is 86.5 Å². The standard InChI is InChI=1S/C34H36N6O8S2/c41-25(31(42)43)26(32(44)45)48-24-17-20(3-1-15-46-29-27(37-49-39-29)33-11-7-22(8-12-33)35-18-33)5-6-21(24)4-2-16-47-30-28(38-50-40-30)34-13-9-23(10-14-34)36-19-34/h5-6,17,22-23,25-26,35-36,41H,7-16,18-19H2,(H,42,43)(H,44,45)/t22?,23?,25-,26?,33?,34?/m1/s1. The van der Waals surface area contributed by atoms with E-state index in [0.29, 0.717) is 29.4 Å². The summed E-state index contributed by atoms with van der Waals surface area (Å²) in [6, 6.07) is 5.82. The number of aliphatic carboxylic acids is 2. The van der Waals surface area contributed by atoms with E-state index in [4.69, 9.17) is 14.2 Å². The van der Waals surface area contributed by atoms with Crippen molar-refractivity contribution in [3.8, 4) is 41.2 Å². The molecule has 14 nitrogen and oxygen atoms in total. The summed E-state index contributed by atoms with van der Waals surface area (Å²) in [6.45, 7) is 1.68. The van der Waals surface area contributed by atoms with Crippen LogP contribution in [0.3, 0.4) is 0 Å². The first-order valence-corrected chi connectivity index (χ1v) is 18.0. The first-order chi connectivity index (χ1) is 24.3. The van der Waals surface area contributed by atoms with Crippen LogP contribution in [0.4, 0.5) is 0 Å². The van der Waals surface area contributed by atoms with Gasteiger partial charge in [-0.2, -0.15) is 8.75 Å². The van der Waals surface area contributed by atoms with Crippen molar-refractivity contribution in [3.05, 3.63) is 40.7 Å². The third-order valence-corrected chi connectivity index (χ3v) is 11.3. The number of nitrogens with one attached hydrogen (secondary N) is 2. The van der Waals surface area contributed by atoms with Gasteiger partial charge in [-0.05, 0) is 69.6 Å². The molecule has 1 unspecified atom stereocenters. The number of hydrogen-bond donors (Lipinski definition) is 5. The predicted octanol–water partition coefficient (Wildman–Crippen LogP) is 2.10. The van der Waals surface area contributed by atoms with E-state index in [1.54, 1.807) is 12.1 Å². The summed E-state index contributed by atoms with van der Waals surface area (Å²) in [5.74, 6) is 9.20. The number of nitrogens with zero attached hydrogens (tertiary/aromatic N) is 4. The lowest BCUT2D eigenvalue weighted by atomic mass is 9.67. The summed E-state index contributed by atoms with van der Waals surface area (Å²) < 4.78 is 35.3. The lowest BCUT2D eigenvalue weighted by Gasteiger charge is -2.46. The van der Waals surface area contributed by atoms with Crippen LogP contribution in [0.2, 0.25) is 0 Å². The summed E-state index contributed by atoms with van der Waals surface area (Å²) in [6.07, 6.45) is 4.08. The lowest BCUT2D eigenvalue weighted by Crippen LogP contribution is -2.54. The molecule has 0 radical (unpaired) electrons. The van der Waals surface area contributed by atoms with E-state index in [0.717, 1.165) is 99.3 Å². The average molecular weight is 721 g/mol. The van der Waals surface area contributed by atoms with Gasteiger partial charge in [-0.1, -0.05) is 23.7 Å². The summed E-state index contributed by atoms with van der Waals surface area (Å²) in [5.41, 5.74) is 2.21. The highest BCUT2D eigenvalue weighted by atomic mass is 32.1. The number of carbonyl (C=O) groups is 2. The predicted molar refractivity (Wildman–Crippen MR) is 181 cm³/mol. The molecular formula is C34H36N6O8S2. The van der Waals surface area contributed by atoms with Crippen LogP contribution in [0.5, 0.6) is 17.5 Å². The van der Waals surface area contributed by atoms with Gasteiger partial charge in [0, 0.05) is 41.6 Å². The maximum Gasteiger partial charge on any atom is 0.348 e. The van der Waals surface area contributed by atoms with Gasteiger partial charge in [0.1, 0.15) is 17.1 Å². The molecule has 4 bridgehead atoms. The Morgan fingerprint density at radius 1 is 0.820 bits per heavy atom. The largest absolute Gasteiger partial charge is 0.479 e. The lowest BCUT2D eigenvalue weighted by molar-refractivity contribution is -0.163. The van der Waals surface area contributed by atoms with Gasteiger partial charge < -0.3 is 40.2 Å². The van der Waals surface area contributed by atoms with Crippen LogP contribution in [-0.2, 0) is 20.4 Å². The summed E-state index contributed by atoms with van der Waals surface area (Å²) in [7, 11) is 0. The molecule has 1 aromatic carbocycles. The number of carboxylic acid groups (broad SMARTS) is 2. The Balaban J connectivity index is 1.06. The molecule has 5 N–H and O–H groups in total. The third-order valence-electron chi connectivity index (χ3n) is 10.3. The van der Waals surface area contributed by atoms with Gasteiger partial charge in [0.2, 0.25) is 6.10 Å². The SMILES string of the molecule is O=C(O)C(Oc1cc(C#CCOc2nsnc2C23CCC(CC2)NC3)ccc1C#CCOc1nsnc1C12CCC(CC1)NC2)[C@@H](O)C(=O)O. The van der Waals surface area contributed by atoms with E-state index in [2.05, 4.69) is 51.8 Å². The molecule has 50 heavy (non-hydrogen) atoms. The normalized spacial score (nSPS) is 26.1. The van der Waals surface area contributed by atoms with E-state index in [1.165, 1.54) is 6.07 Å². The fraction of sp³-hybridized carbons (Fsp3) is 0.529. The van der Waals surface area contributed by atoms with Gasteiger partial charge in [-0.25, -0.2) is 9.59 Å². The summed E-state index contributed by atoms with van der Waals surface area (Å²) in [5, 5.41) is 36.1. The van der Waals surface area contributed by atoms with E-state index in [9.17, 15) is 24.9 Å². The first-order valence-electron chi connectivity index (χ1n) is 16.6. The Kier molecular flexibility index (Phi) is 9.90. The van der Waals surface area contributed by atoms with Crippen LogP contribution in [-0.4, -0.2) is 95.3 Å². The van der Waals surface area contributed by atoms with Gasteiger partial charge in [0.25, 0.3) is 11.8 Å². The fourth-order valence-corrected chi connectivity index (χ4v) is 8.63. The number of aromatic nitrogens is 4. The van der Waals surface area contributed by atoms with Gasteiger partial charge in [0.05, 0.1) is 29.0 Å². The van der Waals surface area contributed by atoms with Crippen molar-refractivity contribution in [2.75, 3.05) is 26.3 Å². The monoisotopic (exact) mass is 720 g/mol. The smallest absolute Gasteiger partial charge is 0.348 e. The van der Waals surface area contributed by atoms with Crippen LogP contribution in [0.25, 0.3) is 0 Å². The summed E-state index contributed by atoms with van der Waals surface area (Å²) >= 11 is 2.22. The molecule has 4 saturated heterocycles. The van der Waals surface area contributed by atoms with Crippen molar-refractivity contribution in [2.24, 2.45) is 0 Å². The number of hydrogen-bond acceptors (Lipinski definition) is 14. The Hall–Kier alpha value is -4.32. The molecule has 6 heterocycles. The fourth-order valence-electron chi connectivity index (χ4n) is 7.42. The minimum absolute atomic E-state index is 0.0283. The van der Waals surface area contributed by atoms with Gasteiger partial charge in [0.15, 0.2) is 19.3 Å². The molecule has 2 saturated carbocycles. The third kappa shape index (κ3) is 6.99. The maximum atomic E-state index is 11.9. The van der Waals surface area contributed by atoms with Crippen molar-refractivity contribution in [3.63, 3.8) is 0 Å². The van der Waals surface area contributed by atoms with E-state index >= 15 is 0 Å². The Bertz CT molecular complexity index is 1830. The second-order valence-corrected chi connectivity index (χ2v) is 14.3. The second-order valence-electron chi connectivity index (χ2n) is 13.3. The molecule has 4 aliphatic heterocycles. The van der Waals surface area contributed by atoms with Crippen molar-refractivity contribution >= 4 is 35.4 Å². The number of benzene rings is 1. The molecule has 0 amide bonds. The van der Waals surface area contributed by atoms with Crippen LogP contribution in [0, 0.1) is 23.7 Å². The molecule has 3 aromatic rings. The molecule has 2 aromatic heterocycles. The Labute approximate surface area is 296 Å². The van der Waals surface area contributed by atoms with Crippen molar-refractivity contribution in [1.82, 2.24) is 28.1 Å². The first kappa shape index (κ1) is 34.1. The molecular weight excluding hydrogens is 685 g/mol. The number of carboxylic acids is 2. The minimum atomic E-state index is -2.33. The average Bonchev–Trinajstić information content (AvgIpc) is 3.84. The maximum absolute atomic E-state index is 11.9. The van der Waals surface area contributed by atoms with E-state index in [1.807, 2.05) is 0 Å². The van der Waals surface area contributed by atoms with Gasteiger partial charge in [-0.3, -0.25) is 0 Å². The van der Waals surface area contributed by atoms with Crippen LogP contribution < -0.4 is 24.8 Å². The molecule has 0 spiro atoms. The molecule has 262 valence electrons. The zero-order chi connectivity index (χ0) is 34.7. The number of ether oxygens (including phenoxy) is 3. The summed E-state index contributed by atoms with van der Waals surface area (Å²) in [4.78, 5) is 23.3. The second kappa shape index (κ2) is 14.5. The number of piperidine rings is 4. The van der Waals surface area contributed by atoms with Crippen LogP contribution in [0.1, 0.15) is 73.9 Å². The highest BCUT2D eigenvalue weighted by Gasteiger charge is 2.46. The van der Waals surface area contributed by atoms with Crippen LogP contribution in [0.15, 0.2) is 18.2 Å². The molecule has 6 fully saturated rings. The highest BCUT2D eigenvalue weighted by Crippen LogP contribution is 2.46. The van der Waals surface area contributed by atoms with Crippen molar-refractivity contribution < 1.29 is 39.1 Å². The molecule has 2 atom stereocenters. The Morgan fingerprint density at radius 3 is 1.84 bits per heavy atom.